The largest absolute Gasteiger partial charge is 0.461 e. The number of guanidine groups is 1. The zero-order valence-corrected chi connectivity index (χ0v) is 12.7. The van der Waals surface area contributed by atoms with E-state index in [9.17, 15) is 0 Å². The first kappa shape index (κ1) is 12.8. The number of anilines is 1. The number of imidazole rings is 1. The van der Waals surface area contributed by atoms with Crippen molar-refractivity contribution in [3.63, 3.8) is 0 Å². The Morgan fingerprint density at radius 2 is 2.00 bits per heavy atom. The predicted molar refractivity (Wildman–Crippen MR) is 88.3 cm³/mol. The van der Waals surface area contributed by atoms with Crippen LogP contribution in [0.1, 0.15) is 36.9 Å². The van der Waals surface area contributed by atoms with Crippen LogP contribution in [0.3, 0.4) is 0 Å². The SMILES string of the molecule is C[C@@H]1C[C@H]1c1ccc([C@@H]2N=C(N)Nc3nc4ccccc4n32)o1. The van der Waals surface area contributed by atoms with Gasteiger partial charge in [0.15, 0.2) is 12.1 Å². The van der Waals surface area contributed by atoms with Crippen LogP contribution in [0.25, 0.3) is 11.0 Å². The first-order valence-corrected chi connectivity index (χ1v) is 7.87. The lowest BCUT2D eigenvalue weighted by atomic mass is 10.2. The fraction of sp³-hybridized carbons (Fsp3) is 0.294. The van der Waals surface area contributed by atoms with Crippen LogP contribution in [-0.2, 0) is 0 Å². The molecule has 0 bridgehead atoms. The Labute approximate surface area is 133 Å². The van der Waals surface area contributed by atoms with Crippen LogP contribution in [0.4, 0.5) is 5.95 Å². The molecule has 0 amide bonds. The number of nitrogens with one attached hydrogen (secondary N) is 1. The zero-order chi connectivity index (χ0) is 15.6. The van der Waals surface area contributed by atoms with Gasteiger partial charge < -0.3 is 10.2 Å². The molecule has 3 heterocycles. The monoisotopic (exact) mass is 307 g/mol. The van der Waals surface area contributed by atoms with Crippen molar-refractivity contribution >= 4 is 22.9 Å². The molecule has 6 heteroatoms. The minimum absolute atomic E-state index is 0.318. The molecular formula is C17H17N5O. The van der Waals surface area contributed by atoms with Crippen molar-refractivity contribution in [1.29, 1.82) is 0 Å². The van der Waals surface area contributed by atoms with Gasteiger partial charge in [-0.1, -0.05) is 19.1 Å². The normalized spacial score (nSPS) is 25.8. The van der Waals surface area contributed by atoms with E-state index in [0.29, 0.717) is 23.7 Å². The smallest absolute Gasteiger partial charge is 0.212 e. The highest BCUT2D eigenvalue weighted by molar-refractivity contribution is 5.94. The van der Waals surface area contributed by atoms with Crippen molar-refractivity contribution in [3.8, 4) is 0 Å². The zero-order valence-electron chi connectivity index (χ0n) is 12.7. The van der Waals surface area contributed by atoms with E-state index in [-0.39, 0.29) is 6.17 Å². The number of hydrogen-bond acceptors (Lipinski definition) is 5. The van der Waals surface area contributed by atoms with Crippen LogP contribution in [-0.4, -0.2) is 15.5 Å². The predicted octanol–water partition coefficient (Wildman–Crippen LogP) is 3.04. The van der Waals surface area contributed by atoms with E-state index in [1.165, 1.54) is 6.42 Å². The summed E-state index contributed by atoms with van der Waals surface area (Å²) in [4.78, 5) is 9.14. The Bertz CT molecular complexity index is 938. The van der Waals surface area contributed by atoms with Gasteiger partial charge in [-0.3, -0.25) is 9.88 Å². The minimum Gasteiger partial charge on any atom is -0.461 e. The van der Waals surface area contributed by atoms with Crippen molar-refractivity contribution in [1.82, 2.24) is 9.55 Å². The van der Waals surface area contributed by atoms with Gasteiger partial charge in [-0.15, -0.1) is 0 Å². The molecule has 2 aliphatic rings. The molecule has 5 rings (SSSR count). The van der Waals surface area contributed by atoms with Gasteiger partial charge in [0.25, 0.3) is 0 Å². The van der Waals surface area contributed by atoms with Gasteiger partial charge in [0.1, 0.15) is 11.5 Å². The lowest BCUT2D eigenvalue weighted by molar-refractivity contribution is 0.411. The summed E-state index contributed by atoms with van der Waals surface area (Å²) in [6.45, 7) is 2.25. The first-order chi connectivity index (χ1) is 11.2. The number of aromatic nitrogens is 2. The second-order valence-corrected chi connectivity index (χ2v) is 6.37. The highest BCUT2D eigenvalue weighted by Gasteiger charge is 2.37. The molecule has 3 atom stereocenters. The van der Waals surface area contributed by atoms with Gasteiger partial charge in [-0.05, 0) is 36.6 Å². The number of nitrogens with zero attached hydrogens (tertiary/aromatic N) is 3. The lowest BCUT2D eigenvalue weighted by Crippen LogP contribution is -2.31. The highest BCUT2D eigenvalue weighted by atomic mass is 16.3. The molecule has 1 saturated carbocycles. The Balaban J connectivity index is 1.64. The average molecular weight is 307 g/mol. The number of benzene rings is 1. The summed E-state index contributed by atoms with van der Waals surface area (Å²) in [7, 11) is 0. The Morgan fingerprint density at radius 1 is 1.22 bits per heavy atom. The molecule has 2 aromatic heterocycles. The van der Waals surface area contributed by atoms with E-state index >= 15 is 0 Å². The van der Waals surface area contributed by atoms with Crippen LogP contribution < -0.4 is 11.1 Å². The van der Waals surface area contributed by atoms with Crippen molar-refractivity contribution in [2.75, 3.05) is 5.32 Å². The van der Waals surface area contributed by atoms with E-state index in [0.717, 1.165) is 22.6 Å². The van der Waals surface area contributed by atoms with Gasteiger partial charge in [-0.25, -0.2) is 9.98 Å². The molecule has 1 aromatic carbocycles. The summed E-state index contributed by atoms with van der Waals surface area (Å²) in [6, 6.07) is 12.1. The molecular weight excluding hydrogens is 290 g/mol. The van der Waals surface area contributed by atoms with E-state index in [1.807, 2.05) is 34.9 Å². The molecule has 3 aromatic rings. The van der Waals surface area contributed by atoms with Gasteiger partial charge in [0, 0.05) is 5.92 Å². The summed E-state index contributed by atoms with van der Waals surface area (Å²) in [5.41, 5.74) is 7.86. The molecule has 3 N–H and O–H groups in total. The first-order valence-electron chi connectivity index (χ1n) is 7.87. The van der Waals surface area contributed by atoms with Crippen molar-refractivity contribution in [3.05, 3.63) is 47.9 Å². The third-order valence-electron chi connectivity index (χ3n) is 4.72. The summed E-state index contributed by atoms with van der Waals surface area (Å²) in [6.07, 6.45) is 0.880. The van der Waals surface area contributed by atoms with Crippen LogP contribution in [0.15, 0.2) is 45.8 Å². The van der Waals surface area contributed by atoms with Crippen LogP contribution in [0, 0.1) is 5.92 Å². The molecule has 0 unspecified atom stereocenters. The maximum Gasteiger partial charge on any atom is 0.212 e. The Hall–Kier alpha value is -2.76. The number of rotatable bonds is 2. The van der Waals surface area contributed by atoms with Crippen LogP contribution in [0.2, 0.25) is 0 Å². The molecule has 0 spiro atoms. The van der Waals surface area contributed by atoms with E-state index in [2.05, 4.69) is 28.3 Å². The topological polar surface area (TPSA) is 81.4 Å². The second kappa shape index (κ2) is 4.38. The fourth-order valence-electron chi connectivity index (χ4n) is 3.33. The molecule has 1 aliphatic heterocycles. The Kier molecular flexibility index (Phi) is 2.43. The molecule has 1 fully saturated rings. The summed E-state index contributed by atoms with van der Waals surface area (Å²) >= 11 is 0. The summed E-state index contributed by atoms with van der Waals surface area (Å²) in [5.74, 6) is 4.15. The number of aliphatic imine (C=N–C) groups is 1. The Morgan fingerprint density at radius 3 is 2.83 bits per heavy atom. The molecule has 116 valence electrons. The lowest BCUT2D eigenvalue weighted by Gasteiger charge is -2.21. The van der Waals surface area contributed by atoms with Gasteiger partial charge in [0.2, 0.25) is 5.95 Å². The summed E-state index contributed by atoms with van der Waals surface area (Å²) in [5, 5.41) is 3.04. The second-order valence-electron chi connectivity index (χ2n) is 6.37. The summed E-state index contributed by atoms with van der Waals surface area (Å²) < 4.78 is 8.13. The maximum atomic E-state index is 6.10. The van der Waals surface area contributed by atoms with Gasteiger partial charge >= 0.3 is 0 Å². The highest BCUT2D eigenvalue weighted by Crippen LogP contribution is 2.48. The number of furan rings is 1. The number of fused-ring (bicyclic) bond motifs is 3. The molecule has 0 radical (unpaired) electrons. The maximum absolute atomic E-state index is 6.10. The third kappa shape index (κ3) is 1.87. The van der Waals surface area contributed by atoms with Crippen LogP contribution >= 0.6 is 0 Å². The van der Waals surface area contributed by atoms with Crippen molar-refractivity contribution < 1.29 is 4.42 Å². The van der Waals surface area contributed by atoms with E-state index in [4.69, 9.17) is 10.2 Å². The third-order valence-corrected chi connectivity index (χ3v) is 4.72. The molecule has 6 nitrogen and oxygen atoms in total. The van der Waals surface area contributed by atoms with Gasteiger partial charge in [0.05, 0.1) is 11.0 Å². The molecule has 23 heavy (non-hydrogen) atoms. The average Bonchev–Trinajstić information content (AvgIpc) is 2.99. The van der Waals surface area contributed by atoms with Crippen molar-refractivity contribution in [2.24, 2.45) is 16.6 Å². The number of para-hydroxylation sites is 2. The minimum atomic E-state index is -0.318. The number of nitrogens with two attached hydrogens (primary N) is 1. The molecule has 0 saturated heterocycles. The standard InChI is InChI=1S/C17H17N5O/c1-9-8-10(9)13-6-7-14(23-13)15-20-16(18)21-17-19-11-4-2-3-5-12(11)22(15)17/h2-7,9-10,15H,8H2,1H3,(H3,18,19,20,21)/t9-,10-,15-/m1/s1. The number of hydrogen-bond donors (Lipinski definition) is 2. The van der Waals surface area contributed by atoms with E-state index < -0.39 is 0 Å². The van der Waals surface area contributed by atoms with Gasteiger partial charge in [-0.2, -0.15) is 0 Å². The fourth-order valence-corrected chi connectivity index (χ4v) is 3.33. The molecule has 1 aliphatic carbocycles. The van der Waals surface area contributed by atoms with Crippen molar-refractivity contribution in [2.45, 2.75) is 25.4 Å². The quantitative estimate of drug-likeness (QED) is 0.762. The van der Waals surface area contributed by atoms with Crippen LogP contribution in [0.5, 0.6) is 0 Å². The van der Waals surface area contributed by atoms with E-state index in [1.54, 1.807) is 0 Å².